The summed E-state index contributed by atoms with van der Waals surface area (Å²) in [4.78, 5) is 8.27. The van der Waals surface area contributed by atoms with Crippen LogP contribution in [0.3, 0.4) is 0 Å². The van der Waals surface area contributed by atoms with Crippen molar-refractivity contribution in [1.29, 1.82) is 0 Å². The Labute approximate surface area is 131 Å². The van der Waals surface area contributed by atoms with Gasteiger partial charge in [0.25, 0.3) is 0 Å². The van der Waals surface area contributed by atoms with E-state index < -0.39 is 0 Å². The lowest BCUT2D eigenvalue weighted by molar-refractivity contribution is 0.897. The first-order valence-corrected chi connectivity index (χ1v) is 8.43. The molecular weight excluding hydrogens is 334 g/mol. The zero-order chi connectivity index (χ0) is 14.1. The summed E-state index contributed by atoms with van der Waals surface area (Å²) in [7, 11) is 2.09. The molecule has 0 spiro atoms. The highest BCUT2D eigenvalue weighted by atomic mass is 79.9. The molecule has 1 aliphatic rings. The Bertz CT molecular complexity index is 607. The average Bonchev–Trinajstić information content (AvgIpc) is 3.17. The minimum atomic E-state index is 0.605. The highest BCUT2D eigenvalue weighted by Crippen LogP contribution is 2.44. The SMILES string of the molecule is CN(Cc1cccc(Br)c1)c1nc(C2CC2)c(CN)s1. The van der Waals surface area contributed by atoms with Crippen molar-refractivity contribution < 1.29 is 0 Å². The molecule has 3 nitrogen and oxygen atoms in total. The van der Waals surface area contributed by atoms with Gasteiger partial charge in [0.05, 0.1) is 5.69 Å². The van der Waals surface area contributed by atoms with Gasteiger partial charge in [0.15, 0.2) is 5.13 Å². The number of nitrogens with two attached hydrogens (primary N) is 1. The van der Waals surface area contributed by atoms with E-state index >= 15 is 0 Å². The molecule has 0 unspecified atom stereocenters. The number of halogens is 1. The summed E-state index contributed by atoms with van der Waals surface area (Å²) in [6, 6.07) is 8.40. The molecule has 0 radical (unpaired) electrons. The van der Waals surface area contributed by atoms with E-state index in [-0.39, 0.29) is 0 Å². The van der Waals surface area contributed by atoms with E-state index in [1.54, 1.807) is 11.3 Å². The van der Waals surface area contributed by atoms with Crippen molar-refractivity contribution in [3.05, 3.63) is 44.9 Å². The summed E-state index contributed by atoms with van der Waals surface area (Å²) in [5.74, 6) is 0.665. The second kappa shape index (κ2) is 5.84. The lowest BCUT2D eigenvalue weighted by Gasteiger charge is -2.15. The van der Waals surface area contributed by atoms with Crippen LogP contribution in [0.5, 0.6) is 0 Å². The molecule has 106 valence electrons. The van der Waals surface area contributed by atoms with Gasteiger partial charge in [-0.3, -0.25) is 0 Å². The van der Waals surface area contributed by atoms with Crippen LogP contribution in [0, 0.1) is 0 Å². The molecule has 1 saturated carbocycles. The van der Waals surface area contributed by atoms with Crippen LogP contribution in [-0.2, 0) is 13.1 Å². The molecule has 2 N–H and O–H groups in total. The largest absolute Gasteiger partial charge is 0.347 e. The highest BCUT2D eigenvalue weighted by molar-refractivity contribution is 9.10. The Morgan fingerprint density at radius 3 is 2.90 bits per heavy atom. The highest BCUT2D eigenvalue weighted by Gasteiger charge is 2.29. The minimum Gasteiger partial charge on any atom is -0.347 e. The van der Waals surface area contributed by atoms with Crippen molar-refractivity contribution in [2.45, 2.75) is 31.8 Å². The summed E-state index contributed by atoms with van der Waals surface area (Å²) < 4.78 is 1.11. The van der Waals surface area contributed by atoms with E-state index in [2.05, 4.69) is 46.1 Å². The van der Waals surface area contributed by atoms with E-state index in [9.17, 15) is 0 Å². The Hall–Kier alpha value is -0.910. The summed E-state index contributed by atoms with van der Waals surface area (Å²) in [6.07, 6.45) is 2.54. The first-order valence-electron chi connectivity index (χ1n) is 6.82. The van der Waals surface area contributed by atoms with Gasteiger partial charge in [-0.15, -0.1) is 11.3 Å². The van der Waals surface area contributed by atoms with E-state index in [0.29, 0.717) is 12.5 Å². The number of rotatable bonds is 5. The normalized spacial score (nSPS) is 14.6. The lowest BCUT2D eigenvalue weighted by Crippen LogP contribution is -2.16. The second-order valence-electron chi connectivity index (χ2n) is 5.27. The number of hydrogen-bond donors (Lipinski definition) is 1. The van der Waals surface area contributed by atoms with Gasteiger partial charge in [-0.1, -0.05) is 28.1 Å². The van der Waals surface area contributed by atoms with Gasteiger partial charge >= 0.3 is 0 Å². The van der Waals surface area contributed by atoms with E-state index in [1.807, 2.05) is 6.07 Å². The molecule has 1 aromatic carbocycles. The van der Waals surface area contributed by atoms with Crippen LogP contribution < -0.4 is 10.6 Å². The van der Waals surface area contributed by atoms with E-state index in [0.717, 1.165) is 16.1 Å². The lowest BCUT2D eigenvalue weighted by atomic mass is 10.2. The number of benzene rings is 1. The fraction of sp³-hybridized carbons (Fsp3) is 0.400. The number of aromatic nitrogens is 1. The van der Waals surface area contributed by atoms with Gasteiger partial charge in [-0.2, -0.15) is 0 Å². The molecule has 0 bridgehead atoms. The van der Waals surface area contributed by atoms with Gasteiger partial charge in [0.2, 0.25) is 0 Å². The molecule has 1 heterocycles. The third-order valence-electron chi connectivity index (χ3n) is 3.50. The fourth-order valence-corrected chi connectivity index (χ4v) is 3.74. The number of thiazole rings is 1. The maximum Gasteiger partial charge on any atom is 0.185 e. The molecule has 0 amide bonds. The zero-order valence-corrected chi connectivity index (χ0v) is 13.9. The molecule has 1 fully saturated rings. The summed E-state index contributed by atoms with van der Waals surface area (Å²) in [6.45, 7) is 1.47. The number of hydrogen-bond acceptors (Lipinski definition) is 4. The van der Waals surface area contributed by atoms with Crippen LogP contribution in [0.25, 0.3) is 0 Å². The van der Waals surface area contributed by atoms with Crippen molar-refractivity contribution in [1.82, 2.24) is 4.98 Å². The molecule has 5 heteroatoms. The molecular formula is C15H18BrN3S. The Morgan fingerprint density at radius 2 is 2.25 bits per heavy atom. The van der Waals surface area contributed by atoms with Gasteiger partial charge in [0, 0.05) is 35.4 Å². The monoisotopic (exact) mass is 351 g/mol. The molecule has 0 saturated heterocycles. The van der Waals surface area contributed by atoms with Crippen molar-refractivity contribution in [3.8, 4) is 0 Å². The maximum absolute atomic E-state index is 5.85. The van der Waals surface area contributed by atoms with Gasteiger partial charge in [0.1, 0.15) is 0 Å². The maximum atomic E-state index is 5.85. The smallest absolute Gasteiger partial charge is 0.185 e. The van der Waals surface area contributed by atoms with Crippen LogP contribution in [0.2, 0.25) is 0 Å². The van der Waals surface area contributed by atoms with Crippen LogP contribution >= 0.6 is 27.3 Å². The van der Waals surface area contributed by atoms with Crippen LogP contribution in [-0.4, -0.2) is 12.0 Å². The van der Waals surface area contributed by atoms with Gasteiger partial charge in [-0.25, -0.2) is 4.98 Å². The zero-order valence-electron chi connectivity index (χ0n) is 11.5. The van der Waals surface area contributed by atoms with Crippen molar-refractivity contribution in [3.63, 3.8) is 0 Å². The first kappa shape index (κ1) is 14.0. The minimum absolute atomic E-state index is 0.605. The second-order valence-corrected chi connectivity index (χ2v) is 7.25. The van der Waals surface area contributed by atoms with Gasteiger partial charge < -0.3 is 10.6 Å². The summed E-state index contributed by atoms with van der Waals surface area (Å²) in [5, 5.41) is 1.08. The Kier molecular flexibility index (Phi) is 4.10. The first-order chi connectivity index (χ1) is 9.67. The quantitative estimate of drug-likeness (QED) is 0.888. The van der Waals surface area contributed by atoms with Crippen LogP contribution in [0.4, 0.5) is 5.13 Å². The van der Waals surface area contributed by atoms with Crippen molar-refractivity contribution in [2.75, 3.05) is 11.9 Å². The average molecular weight is 352 g/mol. The standard InChI is InChI=1S/C15H18BrN3S/c1-19(9-10-3-2-4-12(16)7-10)15-18-14(11-5-6-11)13(8-17)20-15/h2-4,7,11H,5-6,8-9,17H2,1H3. The molecule has 2 aromatic rings. The summed E-state index contributed by atoms with van der Waals surface area (Å²) in [5.41, 5.74) is 8.37. The predicted octanol–water partition coefficient (Wildman–Crippen LogP) is 3.88. The van der Waals surface area contributed by atoms with Crippen LogP contribution in [0.1, 0.15) is 34.9 Å². The Balaban J connectivity index is 1.78. The fourth-order valence-electron chi connectivity index (χ4n) is 2.31. The van der Waals surface area contributed by atoms with E-state index in [1.165, 1.54) is 29.0 Å². The predicted molar refractivity (Wildman–Crippen MR) is 88.2 cm³/mol. The topological polar surface area (TPSA) is 42.2 Å². The molecule has 3 rings (SSSR count). The van der Waals surface area contributed by atoms with Crippen molar-refractivity contribution in [2.24, 2.45) is 5.73 Å². The molecule has 1 aromatic heterocycles. The van der Waals surface area contributed by atoms with E-state index in [4.69, 9.17) is 10.7 Å². The Morgan fingerprint density at radius 1 is 1.45 bits per heavy atom. The van der Waals surface area contributed by atoms with Gasteiger partial charge in [-0.05, 0) is 30.5 Å². The molecule has 0 aliphatic heterocycles. The third-order valence-corrected chi connectivity index (χ3v) is 5.20. The van der Waals surface area contributed by atoms with Crippen molar-refractivity contribution >= 4 is 32.4 Å². The summed E-state index contributed by atoms with van der Waals surface area (Å²) >= 11 is 5.25. The molecule has 1 aliphatic carbocycles. The molecule has 20 heavy (non-hydrogen) atoms. The number of anilines is 1. The number of nitrogens with zero attached hydrogens (tertiary/aromatic N) is 2. The van der Waals surface area contributed by atoms with Crippen LogP contribution in [0.15, 0.2) is 28.7 Å². The third kappa shape index (κ3) is 3.05. The molecule has 0 atom stereocenters.